The molecular weight excluding hydrogens is 600 g/mol. The van der Waals surface area contributed by atoms with Crippen molar-refractivity contribution in [3.63, 3.8) is 0 Å². The molecule has 0 aliphatic carbocycles. The van der Waals surface area contributed by atoms with Crippen molar-refractivity contribution in [1.82, 2.24) is 0 Å². The standard InChI is InChI=1S/C34H50O12/c1-5-6-7-8-12-21-15-25(43-33-23(17-35)27(37)29(39)31(41)45-33)22(14-13-20(4)11-9-10-19(2)3)26(16-21)44-34-24(18-36)28(38)30(40)32(42)46-34/h1,10,13,15-16,23-24,27-42H,6-9,11-12,14,17-18H2,2-4H3/b20-13+/t23-,24-,27-,28-,29+,30+,31+,32+,33?,34?/m1/s1. The molecule has 12 nitrogen and oxygen atoms in total. The minimum Gasteiger partial charge on any atom is -0.464 e. The quantitative estimate of drug-likeness (QED) is 0.0764. The van der Waals surface area contributed by atoms with E-state index in [1.165, 1.54) is 5.57 Å². The van der Waals surface area contributed by atoms with Gasteiger partial charge in [0.1, 0.15) is 23.7 Å². The predicted octanol–water partition coefficient (Wildman–Crippen LogP) is 1.04. The highest BCUT2D eigenvalue weighted by molar-refractivity contribution is 5.50. The molecule has 0 aromatic heterocycles. The van der Waals surface area contributed by atoms with Crippen LogP contribution in [0.2, 0.25) is 0 Å². The van der Waals surface area contributed by atoms with Gasteiger partial charge in [-0.15, -0.1) is 12.3 Å². The van der Waals surface area contributed by atoms with Gasteiger partial charge in [0.05, 0.1) is 37.3 Å². The second kappa shape index (κ2) is 18.1. The average molecular weight is 651 g/mol. The highest BCUT2D eigenvalue weighted by Gasteiger charge is 2.46. The number of unbranched alkanes of at least 4 members (excludes halogenated alkanes) is 2. The summed E-state index contributed by atoms with van der Waals surface area (Å²) < 4.78 is 23.4. The molecule has 2 aliphatic heterocycles. The summed E-state index contributed by atoms with van der Waals surface area (Å²) >= 11 is 0. The van der Waals surface area contributed by atoms with Gasteiger partial charge in [0.2, 0.25) is 12.6 Å². The molecule has 2 aliphatic rings. The van der Waals surface area contributed by atoms with Gasteiger partial charge < -0.3 is 59.8 Å². The van der Waals surface area contributed by atoms with Crippen molar-refractivity contribution in [2.75, 3.05) is 13.2 Å². The monoisotopic (exact) mass is 650 g/mol. The van der Waals surface area contributed by atoms with Crippen LogP contribution in [0.4, 0.5) is 0 Å². The Labute approximate surface area is 270 Å². The lowest BCUT2D eigenvalue weighted by atomic mass is 9.94. The number of hydrogen-bond donors (Lipinski definition) is 8. The third-order valence-electron chi connectivity index (χ3n) is 8.33. The molecular formula is C34H50O12. The fourth-order valence-electron chi connectivity index (χ4n) is 5.43. The Kier molecular flexibility index (Phi) is 14.9. The Balaban J connectivity index is 2.09. The topological polar surface area (TPSA) is 199 Å². The molecule has 0 bridgehead atoms. The zero-order valence-corrected chi connectivity index (χ0v) is 26.7. The Hall–Kier alpha value is -2.54. The van der Waals surface area contributed by atoms with Gasteiger partial charge in [-0.2, -0.15) is 0 Å². The Morgan fingerprint density at radius 2 is 1.33 bits per heavy atom. The largest absolute Gasteiger partial charge is 0.464 e. The molecule has 2 fully saturated rings. The minimum absolute atomic E-state index is 0.231. The van der Waals surface area contributed by atoms with E-state index in [1.807, 2.05) is 26.8 Å². The van der Waals surface area contributed by atoms with Crippen LogP contribution in [0, 0.1) is 24.2 Å². The van der Waals surface area contributed by atoms with Crippen molar-refractivity contribution >= 4 is 0 Å². The lowest BCUT2D eigenvalue weighted by molar-refractivity contribution is -0.313. The molecule has 46 heavy (non-hydrogen) atoms. The average Bonchev–Trinajstić information content (AvgIpc) is 3.00. The molecule has 1 aromatic rings. The van der Waals surface area contributed by atoms with Crippen molar-refractivity contribution in [2.45, 2.75) is 115 Å². The fraction of sp³-hybridized carbons (Fsp3) is 0.647. The molecule has 0 saturated carbocycles. The number of aryl methyl sites for hydroxylation is 1. The molecule has 3 rings (SSSR count). The van der Waals surface area contributed by atoms with Crippen molar-refractivity contribution in [2.24, 2.45) is 11.8 Å². The number of ether oxygens (including phenoxy) is 4. The molecule has 12 heteroatoms. The van der Waals surface area contributed by atoms with E-state index in [4.69, 9.17) is 25.4 Å². The van der Waals surface area contributed by atoms with Gasteiger partial charge in [-0.1, -0.05) is 23.3 Å². The van der Waals surface area contributed by atoms with Crippen molar-refractivity contribution in [3.05, 3.63) is 46.6 Å². The van der Waals surface area contributed by atoms with Gasteiger partial charge in [0, 0.05) is 12.0 Å². The lowest BCUT2D eigenvalue weighted by Crippen LogP contribution is -2.57. The summed E-state index contributed by atoms with van der Waals surface area (Å²) in [5.41, 5.74) is 3.49. The van der Waals surface area contributed by atoms with Gasteiger partial charge >= 0.3 is 0 Å². The van der Waals surface area contributed by atoms with Crippen LogP contribution in [-0.4, -0.2) is 104 Å². The Morgan fingerprint density at radius 3 is 1.78 bits per heavy atom. The van der Waals surface area contributed by atoms with Crippen LogP contribution >= 0.6 is 0 Å². The van der Waals surface area contributed by atoms with Crippen LogP contribution in [0.15, 0.2) is 35.4 Å². The number of rotatable bonds is 15. The molecule has 2 unspecified atom stereocenters. The zero-order chi connectivity index (χ0) is 34.0. The van der Waals surface area contributed by atoms with E-state index in [-0.39, 0.29) is 17.9 Å². The highest BCUT2D eigenvalue weighted by Crippen LogP contribution is 2.38. The number of aliphatic hydroxyl groups excluding tert-OH is 8. The maximum Gasteiger partial charge on any atom is 0.210 e. The summed E-state index contributed by atoms with van der Waals surface area (Å²) in [6.45, 7) is 4.81. The summed E-state index contributed by atoms with van der Waals surface area (Å²) in [7, 11) is 0. The van der Waals surface area contributed by atoms with E-state index >= 15 is 0 Å². The number of benzene rings is 1. The maximum atomic E-state index is 10.5. The van der Waals surface area contributed by atoms with Crippen molar-refractivity contribution in [1.29, 1.82) is 0 Å². The molecule has 0 amide bonds. The molecule has 2 saturated heterocycles. The van der Waals surface area contributed by atoms with Gasteiger partial charge in [-0.05, 0) is 77.0 Å². The van der Waals surface area contributed by atoms with Gasteiger partial charge in [-0.3, -0.25) is 0 Å². The Morgan fingerprint density at radius 1 is 0.804 bits per heavy atom. The van der Waals surface area contributed by atoms with E-state index in [2.05, 4.69) is 12.0 Å². The van der Waals surface area contributed by atoms with Crippen LogP contribution in [0.1, 0.15) is 64.0 Å². The van der Waals surface area contributed by atoms with Crippen molar-refractivity contribution in [3.8, 4) is 23.8 Å². The minimum atomic E-state index is -1.78. The second-order valence-corrected chi connectivity index (χ2v) is 12.2. The SMILES string of the molecule is C#CCCCCc1cc(OC2O[C@H](O)[C@@H](O)[C@H](O)[C@H]2CO)c(C/C=C(\C)CCC=C(C)C)c(OC2O[C@H](O)[C@@H](O)[C@H](O)[C@H]2CO)c1. The van der Waals surface area contributed by atoms with E-state index in [9.17, 15) is 40.9 Å². The first-order valence-corrected chi connectivity index (χ1v) is 15.7. The summed E-state index contributed by atoms with van der Waals surface area (Å²) in [5.74, 6) is 0.859. The molecule has 2 heterocycles. The van der Waals surface area contributed by atoms with Gasteiger partial charge in [0.25, 0.3) is 0 Å². The Bertz CT molecular complexity index is 1150. The second-order valence-electron chi connectivity index (χ2n) is 12.2. The smallest absolute Gasteiger partial charge is 0.210 e. The fourth-order valence-corrected chi connectivity index (χ4v) is 5.43. The van der Waals surface area contributed by atoms with E-state index in [0.29, 0.717) is 18.4 Å². The maximum absolute atomic E-state index is 10.5. The third kappa shape index (κ3) is 9.98. The highest BCUT2D eigenvalue weighted by atomic mass is 16.7. The van der Waals surface area contributed by atoms with Crippen LogP contribution in [0.5, 0.6) is 11.5 Å². The van der Waals surface area contributed by atoms with E-state index in [1.54, 1.807) is 12.1 Å². The summed E-state index contributed by atoms with van der Waals surface area (Å²) in [5, 5.41) is 81.9. The first-order valence-electron chi connectivity index (χ1n) is 15.7. The van der Waals surface area contributed by atoms with Crippen molar-refractivity contribution < 1.29 is 59.8 Å². The third-order valence-corrected chi connectivity index (χ3v) is 8.33. The zero-order valence-electron chi connectivity index (χ0n) is 26.7. The first-order chi connectivity index (χ1) is 21.9. The van der Waals surface area contributed by atoms with E-state index < -0.39 is 74.6 Å². The summed E-state index contributed by atoms with van der Waals surface area (Å²) in [4.78, 5) is 0. The molecule has 10 atom stereocenters. The molecule has 258 valence electrons. The molecule has 0 spiro atoms. The summed E-state index contributed by atoms with van der Waals surface area (Å²) in [6, 6.07) is 3.51. The van der Waals surface area contributed by atoms with E-state index in [0.717, 1.165) is 36.8 Å². The number of allylic oxidation sites excluding steroid dienone is 4. The number of hydrogen-bond acceptors (Lipinski definition) is 12. The molecule has 1 aromatic carbocycles. The predicted molar refractivity (Wildman–Crippen MR) is 167 cm³/mol. The van der Waals surface area contributed by atoms with Gasteiger partial charge in [-0.25, -0.2) is 0 Å². The molecule has 8 N–H and O–H groups in total. The van der Waals surface area contributed by atoms with Crippen LogP contribution in [-0.2, 0) is 22.3 Å². The number of terminal acetylenes is 1. The van der Waals surface area contributed by atoms with Crippen LogP contribution in [0.3, 0.4) is 0 Å². The van der Waals surface area contributed by atoms with Gasteiger partial charge in [0.15, 0.2) is 12.6 Å². The first kappa shape index (κ1) is 37.9. The summed E-state index contributed by atoms with van der Waals surface area (Å²) in [6.07, 6.45) is 1.35. The lowest BCUT2D eigenvalue weighted by Gasteiger charge is -2.41. The molecule has 0 radical (unpaired) electrons. The number of aliphatic hydroxyl groups is 8. The van der Waals surface area contributed by atoms with Crippen LogP contribution < -0.4 is 9.47 Å². The normalized spacial score (nSPS) is 31.7. The van der Waals surface area contributed by atoms with Crippen LogP contribution in [0.25, 0.3) is 0 Å².